The zero-order valence-electron chi connectivity index (χ0n) is 10.6. The van der Waals surface area contributed by atoms with Crippen LogP contribution in [0.15, 0.2) is 15.0 Å². The third-order valence-corrected chi connectivity index (χ3v) is 4.90. The summed E-state index contributed by atoms with van der Waals surface area (Å²) in [5.41, 5.74) is 4.26. The highest BCUT2D eigenvalue weighted by Crippen LogP contribution is 2.39. The molecule has 0 saturated heterocycles. The zero-order valence-corrected chi connectivity index (χ0v) is 13.7. The first-order valence-corrected chi connectivity index (χ1v) is 7.88. The number of hydrogen-bond donors (Lipinski definition) is 2. The number of fused-ring (bicyclic) bond motifs is 2. The number of rotatable bonds is 0. The van der Waals surface area contributed by atoms with Gasteiger partial charge in [-0.2, -0.15) is 0 Å². The molecule has 0 unspecified atom stereocenters. The fourth-order valence-electron chi connectivity index (χ4n) is 2.67. The molecular weight excluding hydrogens is 372 g/mol. The Hall–Kier alpha value is -0.650. The minimum Gasteiger partial charge on any atom is -0.505 e. The highest BCUT2D eigenvalue weighted by Gasteiger charge is 2.19. The Balaban J connectivity index is 2.40. The number of phenols is 1. The van der Waals surface area contributed by atoms with Gasteiger partial charge in [0, 0.05) is 22.1 Å². The SMILES string of the molecule is Cc1c2c(nc3c(O)c(Br)cc(Br)c13)CCCNC2. The summed E-state index contributed by atoms with van der Waals surface area (Å²) in [4.78, 5) is 4.71. The molecule has 1 aliphatic heterocycles. The summed E-state index contributed by atoms with van der Waals surface area (Å²) in [5, 5.41) is 14.7. The predicted octanol–water partition coefficient (Wildman–Crippen LogP) is 3.81. The molecule has 0 spiro atoms. The molecule has 19 heavy (non-hydrogen) atoms. The Kier molecular flexibility index (Phi) is 3.53. The van der Waals surface area contributed by atoms with E-state index < -0.39 is 0 Å². The van der Waals surface area contributed by atoms with Crippen molar-refractivity contribution in [2.24, 2.45) is 0 Å². The molecular formula is C14H14Br2N2O. The highest BCUT2D eigenvalue weighted by atomic mass is 79.9. The lowest BCUT2D eigenvalue weighted by Crippen LogP contribution is -2.13. The molecule has 100 valence electrons. The second kappa shape index (κ2) is 5.04. The van der Waals surface area contributed by atoms with E-state index in [2.05, 4.69) is 44.1 Å². The van der Waals surface area contributed by atoms with E-state index in [4.69, 9.17) is 4.98 Å². The number of benzene rings is 1. The van der Waals surface area contributed by atoms with Crippen LogP contribution in [0.2, 0.25) is 0 Å². The number of phenolic OH excluding ortho intramolecular Hbond substituents is 1. The van der Waals surface area contributed by atoms with Crippen LogP contribution in [-0.4, -0.2) is 16.6 Å². The van der Waals surface area contributed by atoms with Gasteiger partial charge in [-0.15, -0.1) is 0 Å². The summed E-state index contributed by atoms with van der Waals surface area (Å²) >= 11 is 6.95. The molecule has 2 heterocycles. The average Bonchev–Trinajstić information content (AvgIpc) is 2.61. The molecule has 0 bridgehead atoms. The molecule has 0 aliphatic carbocycles. The van der Waals surface area contributed by atoms with Gasteiger partial charge in [-0.05, 0) is 59.4 Å². The van der Waals surface area contributed by atoms with Gasteiger partial charge in [0.2, 0.25) is 0 Å². The van der Waals surface area contributed by atoms with Crippen LogP contribution in [0.4, 0.5) is 0 Å². The first-order chi connectivity index (χ1) is 9.09. The van der Waals surface area contributed by atoms with Gasteiger partial charge in [-0.1, -0.05) is 15.9 Å². The second-order valence-corrected chi connectivity index (χ2v) is 6.56. The van der Waals surface area contributed by atoms with Crippen LogP contribution < -0.4 is 5.32 Å². The Labute approximate surface area is 128 Å². The van der Waals surface area contributed by atoms with Gasteiger partial charge < -0.3 is 10.4 Å². The summed E-state index contributed by atoms with van der Waals surface area (Å²) < 4.78 is 1.63. The molecule has 0 atom stereocenters. The van der Waals surface area contributed by atoms with Crippen molar-refractivity contribution < 1.29 is 5.11 Å². The molecule has 0 radical (unpaired) electrons. The van der Waals surface area contributed by atoms with Crippen molar-refractivity contribution >= 4 is 42.8 Å². The van der Waals surface area contributed by atoms with Crippen molar-refractivity contribution in [1.29, 1.82) is 0 Å². The first kappa shape index (κ1) is 13.3. The van der Waals surface area contributed by atoms with E-state index in [1.807, 2.05) is 6.07 Å². The van der Waals surface area contributed by atoms with Gasteiger partial charge in [-0.25, -0.2) is 4.98 Å². The van der Waals surface area contributed by atoms with E-state index in [0.29, 0.717) is 9.99 Å². The quantitative estimate of drug-likeness (QED) is 0.724. The van der Waals surface area contributed by atoms with Crippen molar-refractivity contribution in [3.8, 4) is 5.75 Å². The topological polar surface area (TPSA) is 45.2 Å². The number of aromatic nitrogens is 1. The van der Waals surface area contributed by atoms with E-state index in [-0.39, 0.29) is 5.75 Å². The summed E-state index contributed by atoms with van der Waals surface area (Å²) in [7, 11) is 0. The van der Waals surface area contributed by atoms with E-state index in [1.165, 1.54) is 11.1 Å². The molecule has 5 heteroatoms. The Bertz CT molecular complexity index is 671. The van der Waals surface area contributed by atoms with Crippen LogP contribution in [0.1, 0.15) is 23.2 Å². The smallest absolute Gasteiger partial charge is 0.156 e. The molecule has 2 N–H and O–H groups in total. The van der Waals surface area contributed by atoms with Crippen LogP contribution in [0, 0.1) is 6.92 Å². The van der Waals surface area contributed by atoms with E-state index in [0.717, 1.165) is 41.5 Å². The fraction of sp³-hybridized carbons (Fsp3) is 0.357. The van der Waals surface area contributed by atoms with Gasteiger partial charge >= 0.3 is 0 Å². The standard InChI is InChI=1S/C14H14Br2N2O/c1-7-8-6-17-4-2-3-11(8)18-13-12(7)9(15)5-10(16)14(13)19/h5,17,19H,2-4,6H2,1H3. The number of halogens is 2. The minimum absolute atomic E-state index is 0.223. The molecule has 0 amide bonds. The molecule has 1 aromatic heterocycles. The van der Waals surface area contributed by atoms with E-state index in [1.54, 1.807) is 0 Å². The van der Waals surface area contributed by atoms with Crippen molar-refractivity contribution in [2.75, 3.05) is 6.54 Å². The molecule has 3 nitrogen and oxygen atoms in total. The van der Waals surface area contributed by atoms with Crippen molar-refractivity contribution in [1.82, 2.24) is 10.3 Å². The van der Waals surface area contributed by atoms with Gasteiger partial charge in [0.05, 0.1) is 4.47 Å². The summed E-state index contributed by atoms with van der Waals surface area (Å²) in [5.74, 6) is 0.223. The molecule has 1 aromatic carbocycles. The van der Waals surface area contributed by atoms with Crippen LogP contribution in [-0.2, 0) is 13.0 Å². The maximum atomic E-state index is 10.2. The third-order valence-electron chi connectivity index (χ3n) is 3.67. The predicted molar refractivity (Wildman–Crippen MR) is 83.6 cm³/mol. The summed E-state index contributed by atoms with van der Waals surface area (Å²) in [6, 6.07) is 1.88. The highest BCUT2D eigenvalue weighted by molar-refractivity contribution is 9.11. The van der Waals surface area contributed by atoms with Crippen molar-refractivity contribution in [3.05, 3.63) is 31.8 Å². The van der Waals surface area contributed by atoms with Crippen LogP contribution in [0.5, 0.6) is 5.75 Å². The lowest BCUT2D eigenvalue weighted by atomic mass is 10.00. The number of pyridine rings is 1. The van der Waals surface area contributed by atoms with Gasteiger partial charge in [0.15, 0.2) is 5.75 Å². The van der Waals surface area contributed by atoms with Gasteiger partial charge in [0.25, 0.3) is 0 Å². The van der Waals surface area contributed by atoms with Crippen LogP contribution >= 0.6 is 31.9 Å². The maximum absolute atomic E-state index is 10.2. The largest absolute Gasteiger partial charge is 0.505 e. The first-order valence-electron chi connectivity index (χ1n) is 6.29. The number of hydrogen-bond acceptors (Lipinski definition) is 3. The normalized spacial score (nSPS) is 15.3. The van der Waals surface area contributed by atoms with Gasteiger partial charge in [-0.3, -0.25) is 0 Å². The molecule has 3 rings (SSSR count). The lowest BCUT2D eigenvalue weighted by molar-refractivity contribution is 0.476. The number of aryl methyl sites for hydroxylation is 2. The number of aromatic hydroxyl groups is 1. The minimum atomic E-state index is 0.223. The molecule has 2 aromatic rings. The third kappa shape index (κ3) is 2.18. The van der Waals surface area contributed by atoms with E-state index in [9.17, 15) is 5.11 Å². The monoisotopic (exact) mass is 384 g/mol. The average molecular weight is 386 g/mol. The lowest BCUT2D eigenvalue weighted by Gasteiger charge is -2.15. The molecule has 1 aliphatic rings. The fourth-order valence-corrected chi connectivity index (χ4v) is 4.11. The molecule has 0 fully saturated rings. The van der Waals surface area contributed by atoms with Crippen molar-refractivity contribution in [2.45, 2.75) is 26.3 Å². The van der Waals surface area contributed by atoms with Crippen LogP contribution in [0.3, 0.4) is 0 Å². The van der Waals surface area contributed by atoms with Crippen LogP contribution in [0.25, 0.3) is 10.9 Å². The Morgan fingerprint density at radius 2 is 2.11 bits per heavy atom. The summed E-state index contributed by atoms with van der Waals surface area (Å²) in [6.45, 7) is 3.98. The van der Waals surface area contributed by atoms with Crippen molar-refractivity contribution in [3.63, 3.8) is 0 Å². The van der Waals surface area contributed by atoms with Gasteiger partial charge in [0.1, 0.15) is 5.52 Å². The summed E-state index contributed by atoms with van der Waals surface area (Å²) in [6.07, 6.45) is 2.05. The Morgan fingerprint density at radius 3 is 2.89 bits per heavy atom. The zero-order chi connectivity index (χ0) is 13.6. The number of nitrogens with one attached hydrogen (secondary N) is 1. The maximum Gasteiger partial charge on any atom is 0.156 e. The number of nitrogens with zero attached hydrogens (tertiary/aromatic N) is 1. The molecule has 0 saturated carbocycles. The Morgan fingerprint density at radius 1 is 1.32 bits per heavy atom. The second-order valence-electron chi connectivity index (χ2n) is 4.85. The van der Waals surface area contributed by atoms with E-state index >= 15 is 0 Å².